The van der Waals surface area contributed by atoms with Crippen molar-refractivity contribution in [1.82, 2.24) is 0 Å². The molecule has 0 amide bonds. The van der Waals surface area contributed by atoms with Crippen LogP contribution in [-0.2, 0) is 19.1 Å². The summed E-state index contributed by atoms with van der Waals surface area (Å²) in [6, 6.07) is 0. The van der Waals surface area contributed by atoms with Crippen molar-refractivity contribution in [2.75, 3.05) is 13.2 Å². The monoisotopic (exact) mass is 260 g/mol. The van der Waals surface area contributed by atoms with Gasteiger partial charge in [-0.3, -0.25) is 0 Å². The highest BCUT2D eigenvalue weighted by Gasteiger charge is 2.06. The van der Waals surface area contributed by atoms with Gasteiger partial charge in [0, 0.05) is 12.2 Å². The molecule has 0 aromatic carbocycles. The summed E-state index contributed by atoms with van der Waals surface area (Å²) < 4.78 is 9.32. The maximum atomic E-state index is 11.1. The summed E-state index contributed by atoms with van der Waals surface area (Å²) in [7, 11) is 0. The largest absolute Gasteiger partial charge is 0.460 e. The first-order valence-corrected chi connectivity index (χ1v) is 5.87. The standard InChI is InChI=1S/C12H20O6/c1-3-9(13)7-17-11(15)5-6-12(16)18-8-10(14)4-2/h5-6,9-10,13-14H,3-4,7-8H2,1-2H3. The minimum atomic E-state index is -0.726. The first kappa shape index (κ1) is 16.6. The normalized spacial score (nSPS) is 14.2. The van der Waals surface area contributed by atoms with Crippen LogP contribution in [0.4, 0.5) is 0 Å². The van der Waals surface area contributed by atoms with Gasteiger partial charge < -0.3 is 19.7 Å². The Morgan fingerprint density at radius 2 is 1.28 bits per heavy atom. The molecule has 0 rings (SSSR count). The maximum Gasteiger partial charge on any atom is 0.331 e. The van der Waals surface area contributed by atoms with Gasteiger partial charge in [0.05, 0.1) is 12.2 Å². The van der Waals surface area contributed by atoms with Gasteiger partial charge in [0.1, 0.15) is 13.2 Å². The number of carbonyl (C=O) groups excluding carboxylic acids is 2. The van der Waals surface area contributed by atoms with Crippen molar-refractivity contribution in [3.05, 3.63) is 12.2 Å². The fraction of sp³-hybridized carbons (Fsp3) is 0.667. The van der Waals surface area contributed by atoms with E-state index in [4.69, 9.17) is 10.2 Å². The van der Waals surface area contributed by atoms with Crippen molar-refractivity contribution in [1.29, 1.82) is 0 Å². The molecule has 2 unspecified atom stereocenters. The fourth-order valence-corrected chi connectivity index (χ4v) is 0.825. The van der Waals surface area contributed by atoms with E-state index in [1.54, 1.807) is 13.8 Å². The lowest BCUT2D eigenvalue weighted by atomic mass is 10.3. The molecule has 2 N–H and O–H groups in total. The highest BCUT2D eigenvalue weighted by Crippen LogP contribution is 1.94. The topological polar surface area (TPSA) is 93.1 Å². The minimum absolute atomic E-state index is 0.108. The van der Waals surface area contributed by atoms with Crippen LogP contribution in [0.25, 0.3) is 0 Å². The van der Waals surface area contributed by atoms with Crippen molar-refractivity contribution < 1.29 is 29.3 Å². The van der Waals surface area contributed by atoms with Crippen LogP contribution in [-0.4, -0.2) is 47.6 Å². The number of rotatable bonds is 8. The third-order valence-corrected chi connectivity index (χ3v) is 2.13. The molecule has 0 heterocycles. The number of carbonyl (C=O) groups is 2. The second-order valence-corrected chi connectivity index (χ2v) is 3.72. The van der Waals surface area contributed by atoms with Crippen LogP contribution in [0.3, 0.4) is 0 Å². The summed E-state index contributed by atoms with van der Waals surface area (Å²) in [5.41, 5.74) is 0. The Kier molecular flexibility index (Phi) is 8.86. The lowest BCUT2D eigenvalue weighted by molar-refractivity contribution is -0.143. The van der Waals surface area contributed by atoms with E-state index < -0.39 is 24.1 Å². The lowest BCUT2D eigenvalue weighted by Gasteiger charge is -2.07. The quantitative estimate of drug-likeness (QED) is 0.477. The van der Waals surface area contributed by atoms with Crippen molar-refractivity contribution in [2.45, 2.75) is 38.9 Å². The summed E-state index contributed by atoms with van der Waals surface area (Å²) in [5.74, 6) is -1.45. The van der Waals surface area contributed by atoms with E-state index in [2.05, 4.69) is 9.47 Å². The highest BCUT2D eigenvalue weighted by atomic mass is 16.5. The van der Waals surface area contributed by atoms with Gasteiger partial charge in [-0.15, -0.1) is 0 Å². The average Bonchev–Trinajstić information content (AvgIpc) is 2.39. The molecule has 6 heteroatoms. The molecule has 0 radical (unpaired) electrons. The molecule has 0 fully saturated rings. The van der Waals surface area contributed by atoms with E-state index in [1.165, 1.54) is 0 Å². The molecule has 2 atom stereocenters. The Hall–Kier alpha value is -1.40. The molecule has 18 heavy (non-hydrogen) atoms. The number of esters is 2. The average molecular weight is 260 g/mol. The van der Waals surface area contributed by atoms with E-state index in [0.29, 0.717) is 12.8 Å². The fourth-order valence-electron chi connectivity index (χ4n) is 0.825. The van der Waals surface area contributed by atoms with Gasteiger partial charge in [-0.1, -0.05) is 13.8 Å². The number of hydrogen-bond donors (Lipinski definition) is 2. The van der Waals surface area contributed by atoms with Crippen molar-refractivity contribution in [3.8, 4) is 0 Å². The molecular formula is C12H20O6. The molecule has 0 saturated carbocycles. The predicted octanol–water partition coefficient (Wildman–Crippen LogP) is 0.171. The third-order valence-electron chi connectivity index (χ3n) is 2.13. The van der Waals surface area contributed by atoms with E-state index in [9.17, 15) is 9.59 Å². The van der Waals surface area contributed by atoms with E-state index >= 15 is 0 Å². The van der Waals surface area contributed by atoms with Crippen molar-refractivity contribution >= 4 is 11.9 Å². The number of ether oxygens (including phenoxy) is 2. The summed E-state index contributed by atoms with van der Waals surface area (Å²) >= 11 is 0. The van der Waals surface area contributed by atoms with Crippen LogP contribution < -0.4 is 0 Å². The maximum absolute atomic E-state index is 11.1. The van der Waals surface area contributed by atoms with Gasteiger partial charge in [0.15, 0.2) is 0 Å². The predicted molar refractivity (Wildman–Crippen MR) is 63.7 cm³/mol. The summed E-state index contributed by atoms with van der Waals surface area (Å²) in [5, 5.41) is 18.3. The van der Waals surface area contributed by atoms with Gasteiger partial charge in [0.25, 0.3) is 0 Å². The molecule has 0 spiro atoms. The molecular weight excluding hydrogens is 240 g/mol. The molecule has 0 aliphatic heterocycles. The molecule has 0 aromatic rings. The SMILES string of the molecule is CCC(O)COC(=O)C=CC(=O)OCC(O)CC. The number of aliphatic hydroxyl groups excluding tert-OH is 2. The van der Waals surface area contributed by atoms with Gasteiger partial charge in [-0.25, -0.2) is 9.59 Å². The van der Waals surface area contributed by atoms with Gasteiger partial charge in [-0.05, 0) is 12.8 Å². The van der Waals surface area contributed by atoms with Gasteiger partial charge >= 0.3 is 11.9 Å². The Morgan fingerprint density at radius 1 is 0.944 bits per heavy atom. The zero-order valence-corrected chi connectivity index (χ0v) is 10.7. The minimum Gasteiger partial charge on any atom is -0.460 e. The molecule has 0 aliphatic rings. The molecule has 6 nitrogen and oxygen atoms in total. The summed E-state index contributed by atoms with van der Waals surface area (Å²) in [4.78, 5) is 22.2. The number of hydrogen-bond acceptors (Lipinski definition) is 6. The lowest BCUT2D eigenvalue weighted by Crippen LogP contribution is -2.18. The molecule has 0 saturated heterocycles. The zero-order chi connectivity index (χ0) is 14.0. The molecule has 0 bridgehead atoms. The van der Waals surface area contributed by atoms with E-state index in [-0.39, 0.29) is 13.2 Å². The summed E-state index contributed by atoms with van der Waals surface area (Å²) in [6.45, 7) is 3.29. The van der Waals surface area contributed by atoms with E-state index in [0.717, 1.165) is 12.2 Å². The summed E-state index contributed by atoms with van der Waals surface area (Å²) in [6.07, 6.45) is 1.40. The van der Waals surface area contributed by atoms with Crippen LogP contribution in [0, 0.1) is 0 Å². The molecule has 104 valence electrons. The van der Waals surface area contributed by atoms with Gasteiger partial charge in [0.2, 0.25) is 0 Å². The smallest absolute Gasteiger partial charge is 0.331 e. The van der Waals surface area contributed by atoms with Crippen LogP contribution >= 0.6 is 0 Å². The van der Waals surface area contributed by atoms with Crippen molar-refractivity contribution in [2.24, 2.45) is 0 Å². The zero-order valence-electron chi connectivity index (χ0n) is 10.7. The van der Waals surface area contributed by atoms with Crippen LogP contribution in [0.1, 0.15) is 26.7 Å². The second kappa shape index (κ2) is 9.61. The number of aliphatic hydroxyl groups is 2. The molecule has 0 aliphatic carbocycles. The molecule has 0 aromatic heterocycles. The second-order valence-electron chi connectivity index (χ2n) is 3.72. The first-order chi connectivity index (χ1) is 8.49. The van der Waals surface area contributed by atoms with E-state index in [1.807, 2.05) is 0 Å². The Balaban J connectivity index is 3.85. The Morgan fingerprint density at radius 3 is 1.56 bits per heavy atom. The van der Waals surface area contributed by atoms with Crippen LogP contribution in [0.5, 0.6) is 0 Å². The first-order valence-electron chi connectivity index (χ1n) is 5.87. The Bertz CT molecular complexity index is 258. The van der Waals surface area contributed by atoms with Crippen LogP contribution in [0.15, 0.2) is 12.2 Å². The van der Waals surface area contributed by atoms with Crippen LogP contribution in [0.2, 0.25) is 0 Å². The van der Waals surface area contributed by atoms with Gasteiger partial charge in [-0.2, -0.15) is 0 Å². The highest BCUT2D eigenvalue weighted by molar-refractivity contribution is 5.91. The Labute approximate surface area is 106 Å². The third kappa shape index (κ3) is 8.72. The van der Waals surface area contributed by atoms with Crippen molar-refractivity contribution in [3.63, 3.8) is 0 Å².